The quantitative estimate of drug-likeness (QED) is 0.331. The number of esters is 1. The van der Waals surface area contributed by atoms with Crippen LogP contribution in [-0.2, 0) is 9.53 Å². The maximum Gasteiger partial charge on any atom is 0.338 e. The lowest BCUT2D eigenvalue weighted by atomic mass is 10.2. The number of nitro groups is 1. The van der Waals surface area contributed by atoms with E-state index in [4.69, 9.17) is 4.74 Å². The van der Waals surface area contributed by atoms with Gasteiger partial charge in [0.15, 0.2) is 6.61 Å². The number of nitrogens with one attached hydrogen (secondary N) is 1. The van der Waals surface area contributed by atoms with Crippen LogP contribution in [-0.4, -0.2) is 35.9 Å². The minimum absolute atomic E-state index is 0.0201. The van der Waals surface area contributed by atoms with Gasteiger partial charge in [0.05, 0.1) is 15.4 Å². The van der Waals surface area contributed by atoms with Crippen molar-refractivity contribution in [3.63, 3.8) is 0 Å². The molecule has 0 saturated carbocycles. The smallest absolute Gasteiger partial charge is 0.338 e. The van der Waals surface area contributed by atoms with Crippen molar-refractivity contribution in [1.82, 2.24) is 0 Å². The zero-order valence-electron chi connectivity index (χ0n) is 14.1. The molecular weight excluding hydrogens is 376 g/mol. The van der Waals surface area contributed by atoms with Crippen LogP contribution in [0.4, 0.5) is 11.4 Å². The number of carbonyl (C=O) groups is 2. The van der Waals surface area contributed by atoms with Gasteiger partial charge in [0.1, 0.15) is 0 Å². The summed E-state index contributed by atoms with van der Waals surface area (Å²) in [5, 5.41) is 13.7. The van der Waals surface area contributed by atoms with E-state index in [1.165, 1.54) is 35.7 Å². The van der Waals surface area contributed by atoms with Crippen LogP contribution in [0.25, 0.3) is 0 Å². The van der Waals surface area contributed by atoms with Gasteiger partial charge in [-0.05, 0) is 42.8 Å². The Morgan fingerprint density at radius 3 is 2.58 bits per heavy atom. The number of hydrogen-bond donors (Lipinski definition) is 1. The van der Waals surface area contributed by atoms with Gasteiger partial charge in [-0.25, -0.2) is 4.79 Å². The van der Waals surface area contributed by atoms with Crippen molar-refractivity contribution < 1.29 is 19.2 Å². The number of nitro benzene ring substituents is 1. The normalized spacial score (nSPS) is 10.2. The number of amides is 1. The SMILES string of the molecule is CSc1cccc(NC(=O)COC(=O)c2ccc(SC)c([N+](=O)[O-])c2)c1. The molecule has 1 N–H and O–H groups in total. The van der Waals surface area contributed by atoms with Gasteiger partial charge in [-0.3, -0.25) is 14.9 Å². The van der Waals surface area contributed by atoms with Gasteiger partial charge in [-0.1, -0.05) is 6.07 Å². The summed E-state index contributed by atoms with van der Waals surface area (Å²) in [4.78, 5) is 35.9. The van der Waals surface area contributed by atoms with Crippen molar-refractivity contribution in [3.05, 3.63) is 58.1 Å². The number of carbonyl (C=O) groups excluding carboxylic acids is 2. The molecule has 2 rings (SSSR count). The molecule has 0 atom stereocenters. The third-order valence-electron chi connectivity index (χ3n) is 3.30. The van der Waals surface area contributed by atoms with Gasteiger partial charge in [0.2, 0.25) is 0 Å². The van der Waals surface area contributed by atoms with Crippen LogP contribution >= 0.6 is 23.5 Å². The molecule has 26 heavy (non-hydrogen) atoms. The second-order valence-corrected chi connectivity index (χ2v) is 6.73. The predicted molar refractivity (Wildman–Crippen MR) is 102 cm³/mol. The van der Waals surface area contributed by atoms with E-state index in [1.807, 2.05) is 12.3 Å². The minimum Gasteiger partial charge on any atom is -0.452 e. The summed E-state index contributed by atoms with van der Waals surface area (Å²) in [7, 11) is 0. The average molecular weight is 392 g/mol. The lowest BCUT2D eigenvalue weighted by Crippen LogP contribution is -2.21. The Hall–Kier alpha value is -2.52. The van der Waals surface area contributed by atoms with Crippen LogP contribution in [0, 0.1) is 10.1 Å². The van der Waals surface area contributed by atoms with Crippen molar-refractivity contribution in [1.29, 1.82) is 0 Å². The van der Waals surface area contributed by atoms with E-state index in [2.05, 4.69) is 5.32 Å². The van der Waals surface area contributed by atoms with Crippen molar-refractivity contribution in [2.75, 3.05) is 24.4 Å². The van der Waals surface area contributed by atoms with Gasteiger partial charge in [-0.15, -0.1) is 23.5 Å². The molecule has 0 aliphatic heterocycles. The summed E-state index contributed by atoms with van der Waals surface area (Å²) in [6.45, 7) is -0.486. The largest absolute Gasteiger partial charge is 0.452 e. The molecule has 0 aromatic heterocycles. The zero-order chi connectivity index (χ0) is 19.1. The second-order valence-electron chi connectivity index (χ2n) is 5.00. The van der Waals surface area contributed by atoms with E-state index in [9.17, 15) is 19.7 Å². The second kappa shape index (κ2) is 9.25. The third kappa shape index (κ3) is 5.24. The van der Waals surface area contributed by atoms with E-state index in [0.717, 1.165) is 11.0 Å². The number of benzene rings is 2. The van der Waals surface area contributed by atoms with Gasteiger partial charge < -0.3 is 10.1 Å². The summed E-state index contributed by atoms with van der Waals surface area (Å²) in [6, 6.07) is 11.3. The van der Waals surface area contributed by atoms with E-state index in [0.29, 0.717) is 10.6 Å². The van der Waals surface area contributed by atoms with Crippen LogP contribution < -0.4 is 5.32 Å². The Bertz CT molecular complexity index is 842. The topological polar surface area (TPSA) is 98.5 Å². The first-order chi connectivity index (χ1) is 12.4. The first-order valence-corrected chi connectivity index (χ1v) is 9.83. The molecule has 7 nitrogen and oxygen atoms in total. The van der Waals surface area contributed by atoms with Crippen molar-refractivity contribution in [2.45, 2.75) is 9.79 Å². The summed E-state index contributed by atoms with van der Waals surface area (Å²) in [5.41, 5.74) is 0.440. The Kier molecular flexibility index (Phi) is 7.05. The van der Waals surface area contributed by atoms with Gasteiger partial charge >= 0.3 is 5.97 Å². The van der Waals surface area contributed by atoms with Crippen molar-refractivity contribution in [2.24, 2.45) is 0 Å². The molecule has 1 amide bonds. The van der Waals surface area contributed by atoms with Crippen molar-refractivity contribution >= 4 is 46.8 Å². The Balaban J connectivity index is 1.98. The monoisotopic (exact) mass is 392 g/mol. The highest BCUT2D eigenvalue weighted by Crippen LogP contribution is 2.28. The number of anilines is 1. The first kappa shape index (κ1) is 19.8. The summed E-state index contributed by atoms with van der Waals surface area (Å²) in [6.07, 6.45) is 3.63. The molecule has 0 heterocycles. The lowest BCUT2D eigenvalue weighted by Gasteiger charge is -2.08. The molecule has 2 aromatic carbocycles. The molecule has 2 aromatic rings. The molecule has 0 aliphatic carbocycles. The van der Waals surface area contributed by atoms with Crippen LogP contribution in [0.3, 0.4) is 0 Å². The Labute approximate surface area is 158 Å². The molecule has 0 aliphatic rings. The van der Waals surface area contributed by atoms with Gasteiger partial charge in [0, 0.05) is 16.6 Å². The highest BCUT2D eigenvalue weighted by atomic mass is 32.2. The molecule has 0 saturated heterocycles. The summed E-state index contributed by atoms with van der Waals surface area (Å²) < 4.78 is 4.94. The predicted octanol–water partition coefficient (Wildman–Crippen LogP) is 3.83. The lowest BCUT2D eigenvalue weighted by molar-refractivity contribution is -0.387. The van der Waals surface area contributed by atoms with Crippen LogP contribution in [0.1, 0.15) is 10.4 Å². The average Bonchev–Trinajstić information content (AvgIpc) is 2.65. The maximum atomic E-state index is 12.0. The maximum absolute atomic E-state index is 12.0. The number of hydrogen-bond acceptors (Lipinski definition) is 7. The van der Waals surface area contributed by atoms with E-state index in [-0.39, 0.29) is 11.3 Å². The summed E-state index contributed by atoms with van der Waals surface area (Å²) >= 11 is 2.75. The minimum atomic E-state index is -0.797. The molecule has 136 valence electrons. The third-order valence-corrected chi connectivity index (χ3v) is 4.81. The molecule has 0 spiro atoms. The number of thioether (sulfide) groups is 2. The fourth-order valence-electron chi connectivity index (χ4n) is 2.07. The Morgan fingerprint density at radius 2 is 1.92 bits per heavy atom. The first-order valence-electron chi connectivity index (χ1n) is 7.38. The molecule has 0 bridgehead atoms. The number of rotatable bonds is 7. The van der Waals surface area contributed by atoms with Gasteiger partial charge in [-0.2, -0.15) is 0 Å². The highest BCUT2D eigenvalue weighted by Gasteiger charge is 2.18. The highest BCUT2D eigenvalue weighted by molar-refractivity contribution is 7.98. The zero-order valence-corrected chi connectivity index (χ0v) is 15.7. The Morgan fingerprint density at radius 1 is 1.15 bits per heavy atom. The fourth-order valence-corrected chi connectivity index (χ4v) is 3.08. The molecular formula is C17H16N2O5S2. The van der Waals surface area contributed by atoms with E-state index < -0.39 is 23.4 Å². The molecule has 0 fully saturated rings. The van der Waals surface area contributed by atoms with E-state index in [1.54, 1.807) is 24.5 Å². The number of ether oxygens (including phenoxy) is 1. The summed E-state index contributed by atoms with van der Waals surface area (Å²) in [5.74, 6) is -1.29. The van der Waals surface area contributed by atoms with Crippen LogP contribution in [0.15, 0.2) is 52.3 Å². The standard InChI is InChI=1S/C17H16N2O5S2/c1-25-13-5-3-4-12(9-13)18-16(20)10-24-17(21)11-6-7-15(26-2)14(8-11)19(22)23/h3-9H,10H2,1-2H3,(H,18,20). The van der Waals surface area contributed by atoms with E-state index >= 15 is 0 Å². The van der Waals surface area contributed by atoms with Crippen molar-refractivity contribution in [3.8, 4) is 0 Å². The molecule has 9 heteroatoms. The van der Waals surface area contributed by atoms with Crippen LogP contribution in [0.5, 0.6) is 0 Å². The molecule has 0 radical (unpaired) electrons. The molecule has 0 unspecified atom stereocenters. The van der Waals surface area contributed by atoms with Crippen LogP contribution in [0.2, 0.25) is 0 Å². The fraction of sp³-hybridized carbons (Fsp3) is 0.176. The number of nitrogens with zero attached hydrogens (tertiary/aromatic N) is 1. The van der Waals surface area contributed by atoms with Gasteiger partial charge in [0.25, 0.3) is 11.6 Å².